The molecule has 0 bridgehead atoms. The first-order valence-corrected chi connectivity index (χ1v) is 22.9. The molecule has 4 heterocycles. The highest BCUT2D eigenvalue weighted by Crippen LogP contribution is 2.33. The molecule has 0 unspecified atom stereocenters. The highest BCUT2D eigenvalue weighted by molar-refractivity contribution is 7.89. The van der Waals surface area contributed by atoms with E-state index < -0.39 is 43.3 Å². The Kier molecular flexibility index (Phi) is 12.7. The van der Waals surface area contributed by atoms with E-state index in [1.807, 2.05) is 15.2 Å². The summed E-state index contributed by atoms with van der Waals surface area (Å²) in [6, 6.07) is 18.5. The number of rotatable bonds is 8. The van der Waals surface area contributed by atoms with Crippen molar-refractivity contribution >= 4 is 76.2 Å². The van der Waals surface area contributed by atoms with Crippen LogP contribution < -0.4 is 9.80 Å². The number of piperazine rings is 2. The maximum absolute atomic E-state index is 13.4. The number of benzene rings is 4. The molecule has 20 heteroatoms. The lowest BCUT2D eigenvalue weighted by atomic mass is 10.1. The molecule has 304 valence electrons. The van der Waals surface area contributed by atoms with Crippen LogP contribution in [0.2, 0.25) is 10.0 Å². The summed E-state index contributed by atoms with van der Waals surface area (Å²) >= 11 is 14.9. The Morgan fingerprint density at radius 2 is 0.897 bits per heavy atom. The second-order valence-corrected chi connectivity index (χ2v) is 19.5. The largest absolute Gasteiger partial charge is 0.345 e. The lowest BCUT2D eigenvalue weighted by Crippen LogP contribution is -2.48. The van der Waals surface area contributed by atoms with E-state index in [1.54, 1.807) is 23.6 Å². The Balaban J connectivity index is 0.000000177. The van der Waals surface area contributed by atoms with Crippen molar-refractivity contribution in [2.24, 2.45) is 0 Å². The number of hydrogen-bond donors (Lipinski definition) is 0. The Labute approximate surface area is 350 Å². The number of sulfonamides is 2. The number of anilines is 2. The lowest BCUT2D eigenvalue weighted by molar-refractivity contribution is 0.384. The van der Waals surface area contributed by atoms with E-state index in [9.17, 15) is 34.4 Å². The first-order valence-electron chi connectivity index (χ1n) is 17.5. The summed E-state index contributed by atoms with van der Waals surface area (Å²) in [5.41, 5.74) is 2.40. The van der Waals surface area contributed by atoms with E-state index in [2.05, 4.69) is 9.97 Å². The average Bonchev–Trinajstić information content (AvgIpc) is 3.90. The van der Waals surface area contributed by atoms with Crippen molar-refractivity contribution in [2.75, 3.05) is 62.2 Å². The summed E-state index contributed by atoms with van der Waals surface area (Å²) in [6.45, 7) is 2.85. The smallest absolute Gasteiger partial charge is 0.243 e. The fourth-order valence-corrected chi connectivity index (χ4v) is 11.5. The quantitative estimate of drug-likeness (QED) is 0.140. The molecular weight excluding hydrogens is 880 g/mol. The van der Waals surface area contributed by atoms with Crippen molar-refractivity contribution in [3.05, 3.63) is 129 Å². The van der Waals surface area contributed by atoms with Gasteiger partial charge in [-0.25, -0.2) is 44.4 Å². The SMILES string of the molecule is O=S(=O)(c1cccc(F)c1)N1CCN(c2nc(-c3cc(Cl)cc(Cl)c3)cs2)CC1.O=S(=O)(c1cccc(F)c1)N1CCN(c2nc(-c3cc(F)cc(F)c3)cs2)CC1. The molecule has 0 atom stereocenters. The molecule has 2 fully saturated rings. The average molecular weight is 912 g/mol. The molecule has 4 aromatic carbocycles. The van der Waals surface area contributed by atoms with Crippen molar-refractivity contribution in [3.63, 3.8) is 0 Å². The summed E-state index contributed by atoms with van der Waals surface area (Å²) in [5.74, 6) is -2.52. The van der Waals surface area contributed by atoms with Gasteiger partial charge in [-0.3, -0.25) is 0 Å². The maximum atomic E-state index is 13.4. The van der Waals surface area contributed by atoms with Gasteiger partial charge in [-0.2, -0.15) is 8.61 Å². The molecule has 0 radical (unpaired) electrons. The van der Waals surface area contributed by atoms with Crippen LogP contribution in [0.5, 0.6) is 0 Å². The van der Waals surface area contributed by atoms with Crippen LogP contribution >= 0.6 is 45.9 Å². The Morgan fingerprint density at radius 3 is 1.29 bits per heavy atom. The van der Waals surface area contributed by atoms with E-state index in [1.165, 1.54) is 79.8 Å². The van der Waals surface area contributed by atoms with Gasteiger partial charge in [0.05, 0.1) is 21.2 Å². The summed E-state index contributed by atoms with van der Waals surface area (Å²) in [5, 5.41) is 6.16. The molecule has 10 nitrogen and oxygen atoms in total. The topological polar surface area (TPSA) is 107 Å². The van der Waals surface area contributed by atoms with Crippen molar-refractivity contribution in [3.8, 4) is 22.5 Å². The maximum Gasteiger partial charge on any atom is 0.243 e. The molecule has 2 aliphatic rings. The van der Waals surface area contributed by atoms with E-state index in [-0.39, 0.29) is 22.9 Å². The highest BCUT2D eigenvalue weighted by atomic mass is 35.5. The lowest BCUT2D eigenvalue weighted by Gasteiger charge is -2.33. The Morgan fingerprint density at radius 1 is 0.500 bits per heavy atom. The summed E-state index contributed by atoms with van der Waals surface area (Å²) in [7, 11) is -7.49. The van der Waals surface area contributed by atoms with Crippen LogP contribution in [0.4, 0.5) is 27.8 Å². The van der Waals surface area contributed by atoms with Crippen LogP contribution in [-0.4, -0.2) is 87.8 Å². The van der Waals surface area contributed by atoms with Gasteiger partial charge in [0.1, 0.15) is 23.3 Å². The summed E-state index contributed by atoms with van der Waals surface area (Å²) in [4.78, 5) is 12.9. The third-order valence-electron chi connectivity index (χ3n) is 9.19. The molecule has 0 aliphatic carbocycles. The number of halogens is 6. The van der Waals surface area contributed by atoms with Crippen LogP contribution in [0.1, 0.15) is 0 Å². The van der Waals surface area contributed by atoms with Gasteiger partial charge in [0.2, 0.25) is 20.0 Å². The molecule has 58 heavy (non-hydrogen) atoms. The molecule has 2 aromatic heterocycles. The van der Waals surface area contributed by atoms with Crippen LogP contribution in [-0.2, 0) is 20.0 Å². The molecule has 8 rings (SSSR count). The van der Waals surface area contributed by atoms with Crippen molar-refractivity contribution in [1.29, 1.82) is 0 Å². The first kappa shape index (κ1) is 42.0. The Bertz CT molecular complexity index is 2430. The standard InChI is InChI=1S/C19H16Cl2FN3O2S2.C19H16F3N3O2S2/c20-14-8-13(9-15(21)10-14)18-12-28-19(23-18)24-4-6-25(7-5-24)29(26,27)17-3-1-2-16(22)11-17;20-14-2-1-3-17(11-14)29(26,27)25-6-4-24(5-7-25)19-23-18(12-28-19)13-8-15(21)10-16(22)9-13/h2*1-3,8-12H,4-7H2. The Hall–Kier alpha value is -4.14. The molecule has 0 amide bonds. The molecular formula is C38H32Cl2F4N6O4S4. The minimum absolute atomic E-state index is 0.0275. The van der Waals surface area contributed by atoms with Gasteiger partial charge >= 0.3 is 0 Å². The normalized spacial score (nSPS) is 15.6. The zero-order valence-electron chi connectivity index (χ0n) is 30.1. The molecule has 2 saturated heterocycles. The highest BCUT2D eigenvalue weighted by Gasteiger charge is 2.31. The minimum Gasteiger partial charge on any atom is -0.345 e. The summed E-state index contributed by atoms with van der Waals surface area (Å²) in [6.07, 6.45) is 0. The number of thiazole rings is 2. The third kappa shape index (κ3) is 9.66. The molecule has 0 saturated carbocycles. The van der Waals surface area contributed by atoms with Crippen molar-refractivity contribution in [2.45, 2.75) is 9.79 Å². The fraction of sp³-hybridized carbons (Fsp3) is 0.211. The van der Waals surface area contributed by atoms with Gasteiger partial charge in [0.25, 0.3) is 0 Å². The van der Waals surface area contributed by atoms with Crippen LogP contribution in [0.15, 0.2) is 105 Å². The minimum atomic E-state index is -3.77. The number of aromatic nitrogens is 2. The predicted molar refractivity (Wildman–Crippen MR) is 220 cm³/mol. The van der Waals surface area contributed by atoms with Gasteiger partial charge in [-0.15, -0.1) is 22.7 Å². The summed E-state index contributed by atoms with van der Waals surface area (Å²) < 4.78 is 107. The van der Waals surface area contributed by atoms with E-state index >= 15 is 0 Å². The molecule has 6 aromatic rings. The fourth-order valence-electron chi connectivity index (χ4n) is 6.28. The van der Waals surface area contributed by atoms with Crippen LogP contribution in [0.3, 0.4) is 0 Å². The second kappa shape index (κ2) is 17.6. The van der Waals surface area contributed by atoms with Gasteiger partial charge in [-0.05, 0) is 66.7 Å². The van der Waals surface area contributed by atoms with Gasteiger partial charge in [0, 0.05) is 90.4 Å². The van der Waals surface area contributed by atoms with E-state index in [0.29, 0.717) is 65.7 Å². The van der Waals surface area contributed by atoms with Gasteiger partial charge in [-0.1, -0.05) is 35.3 Å². The molecule has 0 N–H and O–H groups in total. The van der Waals surface area contributed by atoms with Gasteiger partial charge < -0.3 is 9.80 Å². The molecule has 2 aliphatic heterocycles. The monoisotopic (exact) mass is 910 g/mol. The zero-order valence-corrected chi connectivity index (χ0v) is 34.9. The van der Waals surface area contributed by atoms with Crippen molar-refractivity contribution < 1.29 is 34.4 Å². The third-order valence-corrected chi connectivity index (χ3v) is 15.2. The number of nitrogens with zero attached hydrogens (tertiary/aromatic N) is 6. The number of hydrogen-bond acceptors (Lipinski definition) is 10. The predicted octanol–water partition coefficient (Wildman–Crippen LogP) is 8.51. The molecule has 0 spiro atoms. The van der Waals surface area contributed by atoms with Crippen molar-refractivity contribution in [1.82, 2.24) is 18.6 Å². The van der Waals surface area contributed by atoms with E-state index in [0.717, 1.165) is 34.6 Å². The first-order chi connectivity index (χ1) is 27.6. The van der Waals surface area contributed by atoms with Crippen LogP contribution in [0, 0.1) is 23.3 Å². The second-order valence-electron chi connectivity index (χ2n) is 13.0. The van der Waals surface area contributed by atoms with E-state index in [4.69, 9.17) is 23.2 Å². The van der Waals surface area contributed by atoms with Crippen LogP contribution in [0.25, 0.3) is 22.5 Å². The van der Waals surface area contributed by atoms with Gasteiger partial charge in [0.15, 0.2) is 10.3 Å². The zero-order chi connectivity index (χ0) is 41.2.